The van der Waals surface area contributed by atoms with Crippen LogP contribution in [0.4, 0.5) is 13.2 Å². The number of aromatic nitrogens is 1. The van der Waals surface area contributed by atoms with E-state index in [1.807, 2.05) is 0 Å². The molecule has 21 heavy (non-hydrogen) atoms. The molecule has 0 aliphatic carbocycles. The minimum absolute atomic E-state index is 0.0666. The monoisotopic (exact) mass is 314 g/mol. The van der Waals surface area contributed by atoms with Crippen LogP contribution in [0.3, 0.4) is 0 Å². The Morgan fingerprint density at radius 3 is 2.33 bits per heavy atom. The number of amides is 1. The molecule has 0 radical (unpaired) electrons. The van der Waals surface area contributed by atoms with Crippen molar-refractivity contribution in [3.05, 3.63) is 64.4 Å². The third-order valence-corrected chi connectivity index (χ3v) is 2.93. The van der Waals surface area contributed by atoms with Crippen LogP contribution in [0.1, 0.15) is 21.6 Å². The molecule has 1 aromatic carbocycles. The van der Waals surface area contributed by atoms with Crippen LogP contribution in [0.25, 0.3) is 0 Å². The highest BCUT2D eigenvalue weighted by atomic mass is 35.5. The second-order valence-electron chi connectivity index (χ2n) is 4.24. The lowest BCUT2D eigenvalue weighted by atomic mass is 10.2. The predicted octanol–water partition coefficient (Wildman–Crippen LogP) is 3.68. The van der Waals surface area contributed by atoms with Crippen LogP contribution < -0.4 is 5.32 Å². The van der Waals surface area contributed by atoms with E-state index in [0.717, 1.165) is 23.9 Å². The second kappa shape index (κ2) is 6.13. The van der Waals surface area contributed by atoms with Gasteiger partial charge in [0.2, 0.25) is 0 Å². The van der Waals surface area contributed by atoms with Crippen LogP contribution >= 0.6 is 11.6 Å². The summed E-state index contributed by atoms with van der Waals surface area (Å²) in [4.78, 5) is 15.0. The molecular formula is C14H10ClF3N2O. The van der Waals surface area contributed by atoms with Gasteiger partial charge in [0, 0.05) is 17.8 Å². The summed E-state index contributed by atoms with van der Waals surface area (Å²) in [6, 6.07) is 8.72. The van der Waals surface area contributed by atoms with E-state index in [-0.39, 0.29) is 12.1 Å². The molecule has 0 saturated heterocycles. The van der Waals surface area contributed by atoms with E-state index >= 15 is 0 Å². The molecule has 2 rings (SSSR count). The highest BCUT2D eigenvalue weighted by Gasteiger charge is 2.32. The fourth-order valence-corrected chi connectivity index (χ4v) is 1.71. The molecule has 1 N–H and O–H groups in total. The Morgan fingerprint density at radius 1 is 1.14 bits per heavy atom. The molecule has 0 saturated carbocycles. The molecule has 0 aliphatic heterocycles. The minimum atomic E-state index is -4.52. The van der Waals surface area contributed by atoms with Gasteiger partial charge in [0.1, 0.15) is 5.69 Å². The Bertz CT molecular complexity index is 624. The second-order valence-corrected chi connectivity index (χ2v) is 4.68. The largest absolute Gasteiger partial charge is 0.433 e. The van der Waals surface area contributed by atoms with Gasteiger partial charge in [-0.15, -0.1) is 0 Å². The third kappa shape index (κ3) is 4.19. The average molecular weight is 315 g/mol. The number of nitrogens with one attached hydrogen (secondary N) is 1. The number of pyridine rings is 1. The van der Waals surface area contributed by atoms with Crippen molar-refractivity contribution < 1.29 is 18.0 Å². The lowest BCUT2D eigenvalue weighted by molar-refractivity contribution is -0.141. The van der Waals surface area contributed by atoms with E-state index in [1.165, 1.54) is 0 Å². The number of benzene rings is 1. The van der Waals surface area contributed by atoms with Crippen molar-refractivity contribution in [2.24, 2.45) is 0 Å². The summed E-state index contributed by atoms with van der Waals surface area (Å²) >= 11 is 5.73. The highest BCUT2D eigenvalue weighted by Crippen LogP contribution is 2.27. The van der Waals surface area contributed by atoms with Crippen LogP contribution in [0, 0.1) is 0 Å². The maximum Gasteiger partial charge on any atom is 0.433 e. The van der Waals surface area contributed by atoms with E-state index in [0.29, 0.717) is 5.02 Å². The smallest absolute Gasteiger partial charge is 0.348 e. The molecule has 2 aromatic rings. The summed E-state index contributed by atoms with van der Waals surface area (Å²) < 4.78 is 37.0. The van der Waals surface area contributed by atoms with Gasteiger partial charge in [0.15, 0.2) is 0 Å². The number of nitrogens with zero attached hydrogens (tertiary/aromatic N) is 1. The molecule has 3 nitrogen and oxygen atoms in total. The first kappa shape index (κ1) is 15.3. The summed E-state index contributed by atoms with van der Waals surface area (Å²) in [5.74, 6) is -0.494. The van der Waals surface area contributed by atoms with E-state index in [4.69, 9.17) is 11.6 Å². The minimum Gasteiger partial charge on any atom is -0.348 e. The van der Waals surface area contributed by atoms with Crippen molar-refractivity contribution in [1.29, 1.82) is 0 Å². The molecule has 1 heterocycles. The number of halogens is 4. The number of carbonyl (C=O) groups excluding carboxylic acids is 1. The van der Waals surface area contributed by atoms with E-state index in [1.54, 1.807) is 24.3 Å². The topological polar surface area (TPSA) is 42.0 Å². The van der Waals surface area contributed by atoms with Crippen molar-refractivity contribution >= 4 is 17.5 Å². The molecular weight excluding hydrogens is 305 g/mol. The number of carbonyl (C=O) groups is 1. The summed E-state index contributed by atoms with van der Waals surface area (Å²) in [5.41, 5.74) is -0.138. The van der Waals surface area contributed by atoms with E-state index in [9.17, 15) is 18.0 Å². The molecule has 1 aromatic heterocycles. The molecule has 0 fully saturated rings. The molecule has 110 valence electrons. The van der Waals surface area contributed by atoms with Gasteiger partial charge in [0.05, 0.1) is 5.56 Å². The Balaban J connectivity index is 1.99. The molecule has 0 spiro atoms. The van der Waals surface area contributed by atoms with Gasteiger partial charge in [-0.2, -0.15) is 13.2 Å². The number of rotatable bonds is 3. The van der Waals surface area contributed by atoms with Crippen molar-refractivity contribution in [2.75, 3.05) is 0 Å². The molecule has 7 heteroatoms. The van der Waals surface area contributed by atoms with E-state index < -0.39 is 17.8 Å². The van der Waals surface area contributed by atoms with Gasteiger partial charge in [-0.25, -0.2) is 0 Å². The van der Waals surface area contributed by atoms with Crippen LogP contribution in [-0.2, 0) is 12.7 Å². The molecule has 0 bridgehead atoms. The maximum atomic E-state index is 12.3. The Hall–Kier alpha value is -2.08. The standard InChI is InChI=1S/C14H10ClF3N2O/c15-11-4-1-9(2-5-11)7-20-13(21)10-3-6-12(19-8-10)14(16,17)18/h1-6,8H,7H2,(H,20,21). The van der Waals surface area contributed by atoms with Crippen molar-refractivity contribution in [3.63, 3.8) is 0 Å². The molecule has 0 atom stereocenters. The quantitative estimate of drug-likeness (QED) is 0.939. The Kier molecular flexibility index (Phi) is 4.47. The number of hydrogen-bond donors (Lipinski definition) is 1. The summed E-state index contributed by atoms with van der Waals surface area (Å²) in [5, 5.41) is 3.17. The zero-order valence-corrected chi connectivity index (χ0v) is 11.4. The SMILES string of the molecule is O=C(NCc1ccc(Cl)cc1)c1ccc(C(F)(F)F)nc1. The zero-order valence-electron chi connectivity index (χ0n) is 10.6. The van der Waals surface area contributed by atoms with Crippen LogP contribution in [0.2, 0.25) is 5.02 Å². The normalized spacial score (nSPS) is 11.2. The van der Waals surface area contributed by atoms with Crippen molar-refractivity contribution in [3.8, 4) is 0 Å². The highest BCUT2D eigenvalue weighted by molar-refractivity contribution is 6.30. The fourth-order valence-electron chi connectivity index (χ4n) is 1.58. The van der Waals surface area contributed by atoms with Crippen molar-refractivity contribution in [2.45, 2.75) is 12.7 Å². The average Bonchev–Trinajstić information content (AvgIpc) is 2.45. The first-order valence-corrected chi connectivity index (χ1v) is 6.30. The lowest BCUT2D eigenvalue weighted by Crippen LogP contribution is -2.23. The zero-order chi connectivity index (χ0) is 15.5. The van der Waals surface area contributed by atoms with Gasteiger partial charge >= 0.3 is 6.18 Å². The number of hydrogen-bond acceptors (Lipinski definition) is 2. The first-order valence-electron chi connectivity index (χ1n) is 5.92. The first-order chi connectivity index (χ1) is 9.86. The molecule has 0 unspecified atom stereocenters. The Labute approximate surface area is 123 Å². The van der Waals surface area contributed by atoms with E-state index in [2.05, 4.69) is 10.3 Å². The molecule has 0 aliphatic rings. The fraction of sp³-hybridized carbons (Fsp3) is 0.143. The summed E-state index contributed by atoms with van der Waals surface area (Å²) in [6.45, 7) is 0.247. The Morgan fingerprint density at radius 2 is 1.81 bits per heavy atom. The van der Waals surface area contributed by atoms with Crippen molar-refractivity contribution in [1.82, 2.24) is 10.3 Å². The molecule has 1 amide bonds. The van der Waals surface area contributed by atoms with Gasteiger partial charge in [-0.05, 0) is 29.8 Å². The number of alkyl halides is 3. The van der Waals surface area contributed by atoms with Gasteiger partial charge in [0.25, 0.3) is 5.91 Å². The summed E-state index contributed by atoms with van der Waals surface area (Å²) in [7, 11) is 0. The van der Waals surface area contributed by atoms with Gasteiger partial charge < -0.3 is 5.32 Å². The van der Waals surface area contributed by atoms with Gasteiger partial charge in [-0.1, -0.05) is 23.7 Å². The lowest BCUT2D eigenvalue weighted by Gasteiger charge is -2.07. The maximum absolute atomic E-state index is 12.3. The van der Waals surface area contributed by atoms with Crippen LogP contribution in [0.5, 0.6) is 0 Å². The van der Waals surface area contributed by atoms with Gasteiger partial charge in [-0.3, -0.25) is 9.78 Å². The van der Waals surface area contributed by atoms with Crippen LogP contribution in [-0.4, -0.2) is 10.9 Å². The third-order valence-electron chi connectivity index (χ3n) is 2.68. The predicted molar refractivity (Wildman–Crippen MR) is 71.9 cm³/mol. The van der Waals surface area contributed by atoms with Crippen LogP contribution in [0.15, 0.2) is 42.6 Å². The summed E-state index contributed by atoms with van der Waals surface area (Å²) in [6.07, 6.45) is -3.61.